The van der Waals surface area contributed by atoms with Crippen LogP contribution in [0.4, 0.5) is 0 Å². The van der Waals surface area contributed by atoms with Gasteiger partial charge in [0.25, 0.3) is 0 Å². The topological polar surface area (TPSA) is 38.9 Å². The molecule has 2 heterocycles. The molecular formula is C19H13Cl2N3OS. The average Bonchev–Trinajstić information content (AvgIpc) is 3.23. The lowest BCUT2D eigenvalue weighted by Crippen LogP contribution is -1.94. The van der Waals surface area contributed by atoms with E-state index in [1.54, 1.807) is 35.8 Å². The predicted molar refractivity (Wildman–Crippen MR) is 107 cm³/mol. The Balaban J connectivity index is 1.60. The highest BCUT2D eigenvalue weighted by Gasteiger charge is 2.13. The van der Waals surface area contributed by atoms with Gasteiger partial charge in [-0.2, -0.15) is 0 Å². The summed E-state index contributed by atoms with van der Waals surface area (Å²) >= 11 is 13.9. The lowest BCUT2D eigenvalue weighted by Gasteiger charge is -2.05. The van der Waals surface area contributed by atoms with Crippen LogP contribution in [0.1, 0.15) is 11.3 Å². The smallest absolute Gasteiger partial charge is 0.194 e. The van der Waals surface area contributed by atoms with Crippen LogP contribution in [-0.2, 0) is 11.4 Å². The highest BCUT2D eigenvalue weighted by molar-refractivity contribution is 7.15. The van der Waals surface area contributed by atoms with E-state index in [4.69, 9.17) is 33.0 Å². The van der Waals surface area contributed by atoms with Crippen LogP contribution < -0.4 is 0 Å². The second-order valence-electron chi connectivity index (χ2n) is 5.48. The molecule has 0 N–H and O–H groups in total. The molecule has 130 valence electrons. The van der Waals surface area contributed by atoms with Crippen molar-refractivity contribution in [2.75, 3.05) is 0 Å². The van der Waals surface area contributed by atoms with Gasteiger partial charge in [0.15, 0.2) is 4.96 Å². The van der Waals surface area contributed by atoms with Crippen molar-refractivity contribution < 1.29 is 4.84 Å². The zero-order chi connectivity index (χ0) is 17.9. The van der Waals surface area contributed by atoms with Crippen LogP contribution in [-0.4, -0.2) is 15.6 Å². The molecule has 0 fully saturated rings. The lowest BCUT2D eigenvalue weighted by molar-refractivity contribution is 0.132. The van der Waals surface area contributed by atoms with Crippen molar-refractivity contribution in [3.05, 3.63) is 81.4 Å². The maximum absolute atomic E-state index is 6.15. The standard InChI is InChI=1S/C19H13Cl2N3OS/c20-15-7-4-8-16(21)14(15)12-25-22-11-17-18(13-5-2-1-3-6-13)23-19-24(17)9-10-26-19/h1-11H,12H2. The van der Waals surface area contributed by atoms with Gasteiger partial charge < -0.3 is 4.84 Å². The van der Waals surface area contributed by atoms with E-state index in [0.29, 0.717) is 15.6 Å². The third-order valence-corrected chi connectivity index (χ3v) is 5.33. The number of imidazole rings is 1. The Labute approximate surface area is 164 Å². The molecule has 2 aromatic heterocycles. The number of hydrogen-bond donors (Lipinski definition) is 0. The van der Waals surface area contributed by atoms with Crippen LogP contribution in [0.2, 0.25) is 10.0 Å². The van der Waals surface area contributed by atoms with Crippen molar-refractivity contribution in [1.82, 2.24) is 9.38 Å². The Morgan fingerprint density at radius 1 is 1.08 bits per heavy atom. The van der Waals surface area contributed by atoms with Crippen LogP contribution in [0.25, 0.3) is 16.2 Å². The molecule has 0 aliphatic heterocycles. The van der Waals surface area contributed by atoms with Gasteiger partial charge in [-0.15, -0.1) is 11.3 Å². The summed E-state index contributed by atoms with van der Waals surface area (Å²) in [5.74, 6) is 0. The van der Waals surface area contributed by atoms with Crippen LogP contribution in [0.5, 0.6) is 0 Å². The molecule has 0 saturated heterocycles. The van der Waals surface area contributed by atoms with Crippen molar-refractivity contribution in [2.24, 2.45) is 5.16 Å². The third-order valence-electron chi connectivity index (χ3n) is 3.87. The summed E-state index contributed by atoms with van der Waals surface area (Å²) in [7, 11) is 0. The highest BCUT2D eigenvalue weighted by atomic mass is 35.5. The summed E-state index contributed by atoms with van der Waals surface area (Å²) in [4.78, 5) is 11.0. The fraction of sp³-hybridized carbons (Fsp3) is 0.0526. The van der Waals surface area contributed by atoms with E-state index in [9.17, 15) is 0 Å². The van der Waals surface area contributed by atoms with Gasteiger partial charge in [0, 0.05) is 32.7 Å². The number of hydrogen-bond acceptors (Lipinski definition) is 4. The van der Waals surface area contributed by atoms with Gasteiger partial charge in [0.2, 0.25) is 0 Å². The van der Waals surface area contributed by atoms with E-state index in [0.717, 1.165) is 21.9 Å². The number of halogens is 2. The largest absolute Gasteiger partial charge is 0.391 e. The first-order chi connectivity index (χ1) is 12.7. The van der Waals surface area contributed by atoms with Crippen LogP contribution in [0.3, 0.4) is 0 Å². The minimum Gasteiger partial charge on any atom is -0.391 e. The normalized spacial score (nSPS) is 11.5. The van der Waals surface area contributed by atoms with Crippen molar-refractivity contribution in [1.29, 1.82) is 0 Å². The minimum atomic E-state index is 0.196. The molecule has 4 aromatic rings. The van der Waals surface area contributed by atoms with Crippen LogP contribution in [0.15, 0.2) is 65.3 Å². The third kappa shape index (κ3) is 3.33. The Morgan fingerprint density at radius 3 is 2.62 bits per heavy atom. The number of nitrogens with zero attached hydrogens (tertiary/aromatic N) is 3. The fourth-order valence-electron chi connectivity index (χ4n) is 2.59. The molecule has 0 bridgehead atoms. The van der Waals surface area contributed by atoms with Crippen LogP contribution in [0, 0.1) is 0 Å². The number of oxime groups is 1. The summed E-state index contributed by atoms with van der Waals surface area (Å²) in [6.45, 7) is 0.196. The summed E-state index contributed by atoms with van der Waals surface area (Å²) in [6.07, 6.45) is 3.63. The molecule has 0 aliphatic carbocycles. The molecule has 0 atom stereocenters. The first kappa shape index (κ1) is 17.1. The van der Waals surface area contributed by atoms with Gasteiger partial charge >= 0.3 is 0 Å². The van der Waals surface area contributed by atoms with Gasteiger partial charge in [0.05, 0.1) is 17.6 Å². The number of rotatable bonds is 5. The summed E-state index contributed by atoms with van der Waals surface area (Å²) in [5.41, 5.74) is 3.46. The zero-order valence-electron chi connectivity index (χ0n) is 13.5. The van der Waals surface area contributed by atoms with Gasteiger partial charge in [-0.1, -0.05) is 64.8 Å². The summed E-state index contributed by atoms with van der Waals surface area (Å²) < 4.78 is 1.99. The molecular weight excluding hydrogens is 389 g/mol. The van der Waals surface area contributed by atoms with E-state index in [-0.39, 0.29) is 6.61 Å². The van der Waals surface area contributed by atoms with Gasteiger partial charge in [-0.05, 0) is 12.1 Å². The van der Waals surface area contributed by atoms with E-state index < -0.39 is 0 Å². The van der Waals surface area contributed by atoms with Crippen molar-refractivity contribution in [3.8, 4) is 11.3 Å². The minimum absolute atomic E-state index is 0.196. The quantitative estimate of drug-likeness (QED) is 0.307. The number of fused-ring (bicyclic) bond motifs is 1. The molecule has 2 aromatic carbocycles. The number of benzene rings is 2. The predicted octanol–water partition coefficient (Wildman–Crippen LogP) is 5.92. The fourth-order valence-corrected chi connectivity index (χ4v) is 3.82. The Bertz CT molecular complexity index is 1050. The zero-order valence-corrected chi connectivity index (χ0v) is 15.8. The second-order valence-corrected chi connectivity index (χ2v) is 7.16. The molecule has 4 nitrogen and oxygen atoms in total. The second kappa shape index (κ2) is 7.50. The summed E-state index contributed by atoms with van der Waals surface area (Å²) in [6, 6.07) is 15.3. The van der Waals surface area contributed by atoms with E-state index in [1.807, 2.05) is 46.3 Å². The SMILES string of the molecule is Clc1cccc(Cl)c1CON=Cc1c(-c2ccccc2)nc2sccn12. The van der Waals surface area contributed by atoms with Crippen molar-refractivity contribution >= 4 is 45.7 Å². The lowest BCUT2D eigenvalue weighted by atomic mass is 10.1. The molecule has 0 spiro atoms. The molecule has 7 heteroatoms. The monoisotopic (exact) mass is 401 g/mol. The van der Waals surface area contributed by atoms with E-state index in [1.165, 1.54) is 0 Å². The van der Waals surface area contributed by atoms with Crippen molar-refractivity contribution in [3.63, 3.8) is 0 Å². The molecule has 0 aliphatic rings. The first-order valence-corrected chi connectivity index (χ1v) is 9.47. The molecule has 26 heavy (non-hydrogen) atoms. The summed E-state index contributed by atoms with van der Waals surface area (Å²) in [5, 5.41) is 7.21. The Morgan fingerprint density at radius 2 is 1.85 bits per heavy atom. The molecule has 4 rings (SSSR count). The average molecular weight is 402 g/mol. The maximum Gasteiger partial charge on any atom is 0.194 e. The first-order valence-electron chi connectivity index (χ1n) is 7.83. The van der Waals surface area contributed by atoms with Crippen LogP contribution >= 0.6 is 34.5 Å². The molecule has 0 amide bonds. The molecule has 0 radical (unpaired) electrons. The molecule has 0 saturated carbocycles. The highest BCUT2D eigenvalue weighted by Crippen LogP contribution is 2.26. The van der Waals surface area contributed by atoms with Crippen molar-refractivity contribution in [2.45, 2.75) is 6.61 Å². The van der Waals surface area contributed by atoms with Gasteiger partial charge in [0.1, 0.15) is 6.61 Å². The van der Waals surface area contributed by atoms with E-state index >= 15 is 0 Å². The maximum atomic E-state index is 6.15. The van der Waals surface area contributed by atoms with Gasteiger partial charge in [-0.25, -0.2) is 4.98 Å². The van der Waals surface area contributed by atoms with E-state index in [2.05, 4.69) is 5.16 Å². The Kier molecular flexibility index (Phi) is 4.93. The Hall–Kier alpha value is -2.34. The number of aromatic nitrogens is 2. The molecule has 0 unspecified atom stereocenters. The number of thiazole rings is 1. The van der Waals surface area contributed by atoms with Gasteiger partial charge in [-0.3, -0.25) is 4.40 Å².